The molecule has 13 aromatic rings. The number of thiophene rings is 1. The summed E-state index contributed by atoms with van der Waals surface area (Å²) in [7, 11) is 0. The van der Waals surface area contributed by atoms with Gasteiger partial charge >= 0.3 is 0 Å². The molecule has 0 aliphatic carbocycles. The third kappa shape index (κ3) is 4.45. The fraction of sp³-hybridized carbons (Fsp3) is 0. The van der Waals surface area contributed by atoms with Crippen LogP contribution >= 0.6 is 11.3 Å². The van der Waals surface area contributed by atoms with Crippen molar-refractivity contribution in [2.75, 3.05) is 0 Å². The zero-order valence-electron chi connectivity index (χ0n) is 36.2. The Balaban J connectivity index is 1.34. The van der Waals surface area contributed by atoms with Gasteiger partial charge in [0.25, 0.3) is 0 Å². The first-order valence-electron chi connectivity index (χ1n) is 22.0. The van der Waals surface area contributed by atoms with E-state index in [0.29, 0.717) is 55.3 Å². The number of nitrogens with zero attached hydrogens (tertiary/aromatic N) is 4. The van der Waals surface area contributed by atoms with E-state index in [0.717, 1.165) is 74.9 Å². The number of hydrogen-bond donors (Lipinski definition) is 0. The van der Waals surface area contributed by atoms with Crippen LogP contribution in [0.1, 0.15) is 11.0 Å². The molecule has 0 radical (unpaired) electrons. The Bertz CT molecular complexity index is 4210. The van der Waals surface area contributed by atoms with E-state index >= 15 is 0 Å². The Labute approximate surface area is 359 Å². The third-order valence-electron chi connectivity index (χ3n) is 12.4. The molecule has 0 spiro atoms. The molecule has 0 saturated heterocycles. The molecule has 280 valence electrons. The van der Waals surface area contributed by atoms with E-state index in [-0.39, 0.29) is 24.2 Å². The average molecular weight is 795 g/mol. The van der Waals surface area contributed by atoms with Crippen molar-refractivity contribution in [1.29, 1.82) is 5.26 Å². The SMILES string of the molecule is [2H]c1c([2H])c([2H])c2c3cccc4c3c3c(cccc3n4-c3c([N+]#[C-])c(-c4ccccc4)c(C#N)c(-n4c5ccccc5c5ccc6c7ccccc7sc6c54)c3-c3ccccc3)c2c1[2H]. The minimum absolute atomic E-state index is 0.0957. The highest BCUT2D eigenvalue weighted by Gasteiger charge is 2.32. The number of aromatic nitrogens is 2. The molecule has 4 nitrogen and oxygen atoms in total. The molecule has 0 amide bonds. The fourth-order valence-corrected chi connectivity index (χ4v) is 11.3. The zero-order valence-corrected chi connectivity index (χ0v) is 33.0. The maximum absolute atomic E-state index is 11.8. The van der Waals surface area contributed by atoms with Crippen LogP contribution in [0.5, 0.6) is 0 Å². The van der Waals surface area contributed by atoms with Crippen molar-refractivity contribution in [2.24, 2.45) is 0 Å². The predicted molar refractivity (Wildman–Crippen MR) is 256 cm³/mol. The van der Waals surface area contributed by atoms with Crippen LogP contribution in [0.25, 0.3) is 124 Å². The average Bonchev–Trinajstić information content (AvgIpc) is 4.02. The lowest BCUT2D eigenvalue weighted by Gasteiger charge is -2.25. The van der Waals surface area contributed by atoms with Gasteiger partial charge in [-0.1, -0.05) is 158 Å². The molecular formula is C56H30N4S. The maximum Gasteiger partial charge on any atom is 0.220 e. The lowest BCUT2D eigenvalue weighted by molar-refractivity contribution is 1.14. The standard InChI is InChI=1S/C56H30N4S/c1-58-52-48(33-16-4-2-5-17-33)43(32-57)53(60-44-26-12-10-22-37(44)41-30-31-42-38-23-11-13-29-47(38)61-56(42)54(41)60)49(34-18-6-3-7-19-34)55(52)59-45-27-14-24-39-35-20-8-9-21-36(35)40-25-15-28-46(59)51(40)50(39)45/h2-31H/i8D,9D,20D,21D. The second kappa shape index (κ2) is 12.6. The van der Waals surface area contributed by atoms with Crippen LogP contribution in [0.2, 0.25) is 0 Å². The van der Waals surface area contributed by atoms with Crippen LogP contribution in [0, 0.1) is 17.9 Å². The number of hydrogen-bond acceptors (Lipinski definition) is 2. The van der Waals surface area contributed by atoms with E-state index in [2.05, 4.69) is 74.6 Å². The normalized spacial score (nSPS) is 12.8. The van der Waals surface area contributed by atoms with Crippen LogP contribution in [-0.4, -0.2) is 9.13 Å². The molecule has 0 N–H and O–H groups in total. The summed E-state index contributed by atoms with van der Waals surface area (Å²) in [6, 6.07) is 54.7. The van der Waals surface area contributed by atoms with Crippen molar-refractivity contribution in [2.45, 2.75) is 0 Å². The van der Waals surface area contributed by atoms with Crippen LogP contribution < -0.4 is 0 Å². The molecule has 0 saturated carbocycles. The first-order chi connectivity index (χ1) is 31.9. The van der Waals surface area contributed by atoms with Crippen molar-refractivity contribution in [3.05, 3.63) is 199 Å². The molecular weight excluding hydrogens is 761 g/mol. The predicted octanol–water partition coefficient (Wildman–Crippen LogP) is 15.7. The Kier molecular flexibility index (Phi) is 6.20. The van der Waals surface area contributed by atoms with Gasteiger partial charge in [0.05, 0.1) is 55.8 Å². The van der Waals surface area contributed by atoms with Crippen LogP contribution in [0.3, 0.4) is 0 Å². The molecule has 3 aromatic heterocycles. The molecule has 0 unspecified atom stereocenters. The summed E-state index contributed by atoms with van der Waals surface area (Å²) in [5.74, 6) is 0. The minimum Gasteiger partial charge on any atom is -0.318 e. The number of nitriles is 1. The van der Waals surface area contributed by atoms with Gasteiger partial charge < -0.3 is 9.13 Å². The van der Waals surface area contributed by atoms with E-state index in [1.165, 1.54) is 0 Å². The largest absolute Gasteiger partial charge is 0.318 e. The van der Waals surface area contributed by atoms with Gasteiger partial charge in [0.1, 0.15) is 6.07 Å². The van der Waals surface area contributed by atoms with Crippen molar-refractivity contribution in [1.82, 2.24) is 9.13 Å². The summed E-state index contributed by atoms with van der Waals surface area (Å²) in [4.78, 5) is 4.45. The minimum atomic E-state index is -0.286. The Morgan fingerprint density at radius 3 is 1.72 bits per heavy atom. The first kappa shape index (κ1) is 29.9. The summed E-state index contributed by atoms with van der Waals surface area (Å²) < 4.78 is 42.6. The molecule has 13 rings (SSSR count). The lowest BCUT2D eigenvalue weighted by Crippen LogP contribution is -2.08. The van der Waals surface area contributed by atoms with Gasteiger partial charge in [0.15, 0.2) is 0 Å². The van der Waals surface area contributed by atoms with Gasteiger partial charge in [0.2, 0.25) is 5.69 Å². The summed E-state index contributed by atoms with van der Waals surface area (Å²) in [5.41, 5.74) is 8.11. The molecule has 3 heterocycles. The Morgan fingerprint density at radius 1 is 0.508 bits per heavy atom. The van der Waals surface area contributed by atoms with Crippen molar-refractivity contribution in [3.63, 3.8) is 0 Å². The summed E-state index contributed by atoms with van der Waals surface area (Å²) >= 11 is 1.74. The maximum atomic E-state index is 11.8. The van der Waals surface area contributed by atoms with E-state index in [1.807, 2.05) is 103 Å². The van der Waals surface area contributed by atoms with Crippen LogP contribution in [0.4, 0.5) is 5.69 Å². The topological polar surface area (TPSA) is 38.0 Å². The van der Waals surface area contributed by atoms with Crippen LogP contribution in [-0.2, 0) is 0 Å². The quantitative estimate of drug-likeness (QED) is 0.129. The third-order valence-corrected chi connectivity index (χ3v) is 13.6. The smallest absolute Gasteiger partial charge is 0.220 e. The van der Waals surface area contributed by atoms with E-state index in [4.69, 9.17) is 2.74 Å². The molecule has 0 fully saturated rings. The molecule has 0 aliphatic rings. The summed E-state index contributed by atoms with van der Waals surface area (Å²) in [6.45, 7) is 9.21. The van der Waals surface area contributed by atoms with Gasteiger partial charge in [0, 0.05) is 48.1 Å². The number of rotatable bonds is 4. The Hall–Kier alpha value is -8.22. The van der Waals surface area contributed by atoms with Gasteiger partial charge in [-0.25, -0.2) is 4.85 Å². The Morgan fingerprint density at radius 2 is 1.07 bits per heavy atom. The molecule has 0 bridgehead atoms. The number of para-hydroxylation sites is 1. The van der Waals surface area contributed by atoms with Gasteiger partial charge in [-0.15, -0.1) is 11.3 Å². The summed E-state index contributed by atoms with van der Waals surface area (Å²) in [5, 5.41) is 20.2. The molecule has 61 heavy (non-hydrogen) atoms. The number of benzene rings is 10. The van der Waals surface area contributed by atoms with Gasteiger partial charge in [-0.05, 0) is 56.9 Å². The highest BCUT2D eigenvalue weighted by atomic mass is 32.1. The van der Waals surface area contributed by atoms with E-state index in [1.54, 1.807) is 11.3 Å². The van der Waals surface area contributed by atoms with Crippen LogP contribution in [0.15, 0.2) is 182 Å². The molecule has 5 heteroatoms. The summed E-state index contributed by atoms with van der Waals surface area (Å²) in [6.07, 6.45) is 0. The molecule has 10 aromatic carbocycles. The van der Waals surface area contributed by atoms with Crippen molar-refractivity contribution >= 4 is 102 Å². The monoisotopic (exact) mass is 794 g/mol. The van der Waals surface area contributed by atoms with E-state index < -0.39 is 0 Å². The second-order valence-corrected chi connectivity index (χ2v) is 16.5. The fourth-order valence-electron chi connectivity index (χ4n) is 10.1. The van der Waals surface area contributed by atoms with E-state index in [9.17, 15) is 14.6 Å². The highest BCUT2D eigenvalue weighted by molar-refractivity contribution is 7.26. The number of fused-ring (bicyclic) bond motifs is 10. The molecule has 0 atom stereocenters. The lowest BCUT2D eigenvalue weighted by atomic mass is 9.88. The second-order valence-electron chi connectivity index (χ2n) is 15.4. The van der Waals surface area contributed by atoms with Crippen molar-refractivity contribution < 1.29 is 5.48 Å². The van der Waals surface area contributed by atoms with Gasteiger partial charge in [-0.3, -0.25) is 0 Å². The zero-order chi connectivity index (χ0) is 43.8. The molecule has 0 aliphatic heterocycles. The highest BCUT2D eigenvalue weighted by Crippen LogP contribution is 2.54. The van der Waals surface area contributed by atoms with Gasteiger partial charge in [-0.2, -0.15) is 5.26 Å². The van der Waals surface area contributed by atoms with Crippen molar-refractivity contribution in [3.8, 4) is 39.7 Å². The first-order valence-corrected chi connectivity index (χ1v) is 20.9.